The second-order valence-corrected chi connectivity index (χ2v) is 4.27. The SMILES string of the molecule is COc1cc(NCC(C)N(C)C)c(N)cc1F. The lowest BCUT2D eigenvalue weighted by molar-refractivity contribution is 0.326. The summed E-state index contributed by atoms with van der Waals surface area (Å²) in [4.78, 5) is 2.09. The molecule has 0 saturated heterocycles. The Morgan fingerprint density at radius 3 is 2.65 bits per heavy atom. The number of ether oxygens (including phenoxy) is 1. The molecule has 1 aromatic carbocycles. The fourth-order valence-corrected chi connectivity index (χ4v) is 1.32. The van der Waals surface area contributed by atoms with Crippen LogP contribution in [0.3, 0.4) is 0 Å². The van der Waals surface area contributed by atoms with E-state index in [9.17, 15) is 4.39 Å². The van der Waals surface area contributed by atoms with Gasteiger partial charge < -0.3 is 20.7 Å². The molecule has 0 aliphatic rings. The van der Waals surface area contributed by atoms with Gasteiger partial charge in [0, 0.05) is 24.7 Å². The summed E-state index contributed by atoms with van der Waals surface area (Å²) in [6.45, 7) is 2.82. The van der Waals surface area contributed by atoms with Crippen molar-refractivity contribution in [1.82, 2.24) is 4.90 Å². The van der Waals surface area contributed by atoms with Crippen LogP contribution in [0.25, 0.3) is 0 Å². The first-order valence-corrected chi connectivity index (χ1v) is 5.49. The van der Waals surface area contributed by atoms with E-state index < -0.39 is 5.82 Å². The highest BCUT2D eigenvalue weighted by Gasteiger charge is 2.10. The van der Waals surface area contributed by atoms with Crippen LogP contribution in [-0.2, 0) is 0 Å². The third-order valence-electron chi connectivity index (χ3n) is 2.79. The third-order valence-corrected chi connectivity index (χ3v) is 2.79. The summed E-state index contributed by atoms with van der Waals surface area (Å²) < 4.78 is 18.2. The van der Waals surface area contributed by atoms with Crippen LogP contribution in [0.5, 0.6) is 5.75 Å². The molecule has 1 rings (SSSR count). The summed E-state index contributed by atoms with van der Waals surface area (Å²) in [6, 6.07) is 3.19. The molecule has 0 fully saturated rings. The number of nitrogens with zero attached hydrogens (tertiary/aromatic N) is 1. The van der Waals surface area contributed by atoms with Crippen molar-refractivity contribution in [2.24, 2.45) is 0 Å². The Balaban J connectivity index is 2.77. The van der Waals surface area contributed by atoms with Crippen molar-refractivity contribution in [3.8, 4) is 5.75 Å². The number of nitrogen functional groups attached to an aromatic ring is 1. The number of hydrogen-bond donors (Lipinski definition) is 2. The molecule has 1 atom stereocenters. The molecule has 0 aliphatic heterocycles. The highest BCUT2D eigenvalue weighted by Crippen LogP contribution is 2.27. The lowest BCUT2D eigenvalue weighted by atomic mass is 10.2. The Kier molecular flexibility index (Phi) is 4.57. The molecular weight excluding hydrogens is 221 g/mol. The van der Waals surface area contributed by atoms with Crippen molar-refractivity contribution in [2.75, 3.05) is 38.8 Å². The molecule has 0 bridgehead atoms. The zero-order valence-corrected chi connectivity index (χ0v) is 10.7. The molecule has 3 N–H and O–H groups in total. The van der Waals surface area contributed by atoms with E-state index in [0.717, 1.165) is 6.54 Å². The number of nitrogens with one attached hydrogen (secondary N) is 1. The number of likely N-dealkylation sites (N-methyl/N-ethyl adjacent to an activating group) is 1. The Bertz CT molecular complexity index is 382. The van der Waals surface area contributed by atoms with E-state index in [4.69, 9.17) is 10.5 Å². The number of halogens is 1. The summed E-state index contributed by atoms with van der Waals surface area (Å²) in [5, 5.41) is 3.18. The normalized spacial score (nSPS) is 12.6. The van der Waals surface area contributed by atoms with Crippen molar-refractivity contribution in [3.05, 3.63) is 17.9 Å². The molecule has 1 unspecified atom stereocenters. The summed E-state index contributed by atoms with van der Waals surface area (Å²) >= 11 is 0. The van der Waals surface area contributed by atoms with Gasteiger partial charge in [0.15, 0.2) is 11.6 Å². The number of nitrogens with two attached hydrogens (primary N) is 1. The molecule has 0 heterocycles. The second-order valence-electron chi connectivity index (χ2n) is 4.27. The lowest BCUT2D eigenvalue weighted by Crippen LogP contribution is -2.31. The van der Waals surface area contributed by atoms with E-state index in [1.54, 1.807) is 6.07 Å². The fourth-order valence-electron chi connectivity index (χ4n) is 1.32. The van der Waals surface area contributed by atoms with E-state index in [2.05, 4.69) is 17.1 Å². The van der Waals surface area contributed by atoms with Crippen molar-refractivity contribution in [2.45, 2.75) is 13.0 Å². The Labute approximate surface area is 102 Å². The first-order chi connectivity index (χ1) is 7.95. The van der Waals surface area contributed by atoms with Crippen LogP contribution in [0.2, 0.25) is 0 Å². The Morgan fingerprint density at radius 1 is 1.47 bits per heavy atom. The van der Waals surface area contributed by atoms with Gasteiger partial charge in [-0.2, -0.15) is 0 Å². The highest BCUT2D eigenvalue weighted by molar-refractivity contribution is 5.68. The standard InChI is InChI=1S/C12H20FN3O/c1-8(16(2)3)7-15-11-6-12(17-4)9(13)5-10(11)14/h5-6,8,15H,7,14H2,1-4H3. The number of hydrogen-bond acceptors (Lipinski definition) is 4. The van der Waals surface area contributed by atoms with Gasteiger partial charge in [-0.15, -0.1) is 0 Å². The van der Waals surface area contributed by atoms with Gasteiger partial charge in [0.1, 0.15) is 0 Å². The van der Waals surface area contributed by atoms with Gasteiger partial charge >= 0.3 is 0 Å². The molecule has 5 heteroatoms. The lowest BCUT2D eigenvalue weighted by Gasteiger charge is -2.21. The average molecular weight is 241 g/mol. The van der Waals surface area contributed by atoms with Gasteiger partial charge in [0.2, 0.25) is 0 Å². The van der Waals surface area contributed by atoms with Crippen molar-refractivity contribution in [3.63, 3.8) is 0 Å². The van der Waals surface area contributed by atoms with E-state index >= 15 is 0 Å². The maximum absolute atomic E-state index is 13.3. The fraction of sp³-hybridized carbons (Fsp3) is 0.500. The Hall–Kier alpha value is -1.49. The largest absolute Gasteiger partial charge is 0.494 e. The van der Waals surface area contributed by atoms with E-state index in [0.29, 0.717) is 17.4 Å². The predicted molar refractivity (Wildman–Crippen MR) is 69.0 cm³/mol. The van der Waals surface area contributed by atoms with Crippen molar-refractivity contribution in [1.29, 1.82) is 0 Å². The molecule has 0 radical (unpaired) electrons. The number of rotatable bonds is 5. The van der Waals surface area contributed by atoms with E-state index in [1.165, 1.54) is 13.2 Å². The minimum atomic E-state index is -0.448. The zero-order chi connectivity index (χ0) is 13.0. The van der Waals surface area contributed by atoms with Crippen LogP contribution in [0, 0.1) is 5.82 Å². The average Bonchev–Trinajstić information content (AvgIpc) is 2.27. The van der Waals surface area contributed by atoms with Gasteiger partial charge in [-0.3, -0.25) is 0 Å². The maximum Gasteiger partial charge on any atom is 0.167 e. The van der Waals surface area contributed by atoms with Crippen molar-refractivity contribution < 1.29 is 9.13 Å². The van der Waals surface area contributed by atoms with Gasteiger partial charge in [0.25, 0.3) is 0 Å². The van der Waals surface area contributed by atoms with Gasteiger partial charge in [-0.05, 0) is 21.0 Å². The topological polar surface area (TPSA) is 50.5 Å². The first-order valence-electron chi connectivity index (χ1n) is 5.49. The van der Waals surface area contributed by atoms with Gasteiger partial charge in [-0.25, -0.2) is 4.39 Å². The summed E-state index contributed by atoms with van der Waals surface area (Å²) in [6.07, 6.45) is 0. The Morgan fingerprint density at radius 2 is 2.12 bits per heavy atom. The van der Waals surface area contributed by atoms with Crippen LogP contribution in [0.15, 0.2) is 12.1 Å². The number of benzene rings is 1. The molecule has 17 heavy (non-hydrogen) atoms. The van der Waals surface area contributed by atoms with Gasteiger partial charge in [0.05, 0.1) is 18.5 Å². The molecule has 96 valence electrons. The molecular formula is C12H20FN3O. The van der Waals surface area contributed by atoms with E-state index in [-0.39, 0.29) is 5.75 Å². The van der Waals surface area contributed by atoms with E-state index in [1.807, 2.05) is 14.1 Å². The maximum atomic E-state index is 13.3. The van der Waals surface area contributed by atoms with Crippen LogP contribution in [0.1, 0.15) is 6.92 Å². The van der Waals surface area contributed by atoms with Crippen LogP contribution in [-0.4, -0.2) is 38.7 Å². The molecule has 0 amide bonds. The van der Waals surface area contributed by atoms with Crippen molar-refractivity contribution >= 4 is 11.4 Å². The quantitative estimate of drug-likeness (QED) is 0.772. The number of methoxy groups -OCH3 is 1. The summed E-state index contributed by atoms with van der Waals surface area (Å²) in [5.74, 6) is -0.254. The first kappa shape index (κ1) is 13.6. The molecule has 0 spiro atoms. The molecule has 1 aromatic rings. The molecule has 0 aromatic heterocycles. The molecule has 0 saturated carbocycles. The van der Waals surface area contributed by atoms with Crippen LogP contribution in [0.4, 0.5) is 15.8 Å². The molecule has 4 nitrogen and oxygen atoms in total. The monoisotopic (exact) mass is 241 g/mol. The minimum Gasteiger partial charge on any atom is -0.494 e. The highest BCUT2D eigenvalue weighted by atomic mass is 19.1. The molecule has 0 aliphatic carbocycles. The zero-order valence-electron chi connectivity index (χ0n) is 10.7. The van der Waals surface area contributed by atoms with Crippen LogP contribution < -0.4 is 15.8 Å². The predicted octanol–water partition coefficient (Wildman–Crippen LogP) is 1.78. The third kappa shape index (κ3) is 3.49. The summed E-state index contributed by atoms with van der Waals surface area (Å²) in [7, 11) is 5.43. The minimum absolute atomic E-state index is 0.194. The van der Waals surface area contributed by atoms with Gasteiger partial charge in [-0.1, -0.05) is 0 Å². The number of anilines is 2. The summed E-state index contributed by atoms with van der Waals surface area (Å²) in [5.41, 5.74) is 6.81. The smallest absolute Gasteiger partial charge is 0.167 e. The second kappa shape index (κ2) is 5.72. The van der Waals surface area contributed by atoms with Crippen LogP contribution >= 0.6 is 0 Å².